The van der Waals surface area contributed by atoms with Gasteiger partial charge in [0.1, 0.15) is 12.4 Å². The van der Waals surface area contributed by atoms with Crippen molar-refractivity contribution in [2.24, 2.45) is 0 Å². The molecule has 28 heavy (non-hydrogen) atoms. The highest BCUT2D eigenvalue weighted by atomic mass is 16.5. The first kappa shape index (κ1) is 20.5. The van der Waals surface area contributed by atoms with Gasteiger partial charge in [0.25, 0.3) is 5.91 Å². The molecule has 1 saturated heterocycles. The number of fused-ring (bicyclic) bond motifs is 1. The summed E-state index contributed by atoms with van der Waals surface area (Å²) in [6, 6.07) is 5.35. The fourth-order valence-corrected chi connectivity index (χ4v) is 4.00. The van der Waals surface area contributed by atoms with Crippen molar-refractivity contribution in [3.05, 3.63) is 23.8 Å². The summed E-state index contributed by atoms with van der Waals surface area (Å²) in [6.45, 7) is 6.47. The Balaban J connectivity index is 1.69. The minimum atomic E-state index is -0.148. The Labute approximate surface area is 167 Å². The number of benzene rings is 1. The number of likely N-dealkylation sites (tertiary alicyclic amines) is 1. The number of nitrogens with one attached hydrogen (secondary N) is 1. The van der Waals surface area contributed by atoms with Crippen LogP contribution in [0.15, 0.2) is 18.2 Å². The molecule has 1 aromatic carbocycles. The van der Waals surface area contributed by atoms with Gasteiger partial charge in [-0.05, 0) is 44.9 Å². The molecule has 2 heterocycles. The van der Waals surface area contributed by atoms with Gasteiger partial charge in [-0.3, -0.25) is 9.59 Å². The molecule has 0 bridgehead atoms. The molecule has 0 spiro atoms. The van der Waals surface area contributed by atoms with Gasteiger partial charge in [-0.2, -0.15) is 0 Å². The lowest BCUT2D eigenvalue weighted by atomic mass is 10.0. The highest BCUT2D eigenvalue weighted by Gasteiger charge is 2.37. The van der Waals surface area contributed by atoms with Crippen molar-refractivity contribution in [2.75, 3.05) is 45.4 Å². The van der Waals surface area contributed by atoms with Crippen molar-refractivity contribution >= 4 is 17.5 Å². The van der Waals surface area contributed by atoms with E-state index in [1.165, 1.54) is 0 Å². The summed E-state index contributed by atoms with van der Waals surface area (Å²) < 4.78 is 10.9. The first-order chi connectivity index (χ1) is 13.3. The molecule has 1 aromatic rings. The predicted octanol–water partition coefficient (Wildman–Crippen LogP) is 2.05. The highest BCUT2D eigenvalue weighted by molar-refractivity contribution is 5.95. The van der Waals surface area contributed by atoms with E-state index in [9.17, 15) is 9.59 Å². The Morgan fingerprint density at radius 1 is 1.36 bits per heavy atom. The topological polar surface area (TPSA) is 71.1 Å². The second kappa shape index (κ2) is 8.39. The standard InChI is InChI=1S/C21H31N3O4/c1-21(2)8-5-10-24(21)19(25)13-16-14-28-18-7-6-15(12-17(18)23(16)3)20(26)22-9-11-27-4/h6-7,12,16H,5,8-11,13-14H2,1-4H3,(H,22,26). The third-order valence-corrected chi connectivity index (χ3v) is 5.78. The number of nitrogens with zero attached hydrogens (tertiary/aromatic N) is 2. The van der Waals surface area contributed by atoms with E-state index in [1.54, 1.807) is 13.2 Å². The molecule has 2 amide bonds. The van der Waals surface area contributed by atoms with Gasteiger partial charge < -0.3 is 24.6 Å². The number of likely N-dealkylation sites (N-methyl/N-ethyl adjacent to an activating group) is 1. The van der Waals surface area contributed by atoms with Crippen LogP contribution < -0.4 is 15.0 Å². The molecule has 7 heteroatoms. The summed E-state index contributed by atoms with van der Waals surface area (Å²) in [6.07, 6.45) is 2.50. The Morgan fingerprint density at radius 3 is 2.82 bits per heavy atom. The summed E-state index contributed by atoms with van der Waals surface area (Å²) in [5.74, 6) is 0.756. The van der Waals surface area contributed by atoms with Gasteiger partial charge in [0.05, 0.1) is 24.8 Å². The normalized spacial score (nSPS) is 20.5. The van der Waals surface area contributed by atoms with Crippen molar-refractivity contribution < 1.29 is 19.1 Å². The number of hydrogen-bond donors (Lipinski definition) is 1. The van der Waals surface area contributed by atoms with Crippen LogP contribution in [0.3, 0.4) is 0 Å². The van der Waals surface area contributed by atoms with Gasteiger partial charge in [-0.1, -0.05) is 0 Å². The second-order valence-electron chi connectivity index (χ2n) is 8.17. The number of rotatable bonds is 6. The average molecular weight is 389 g/mol. The molecular weight excluding hydrogens is 358 g/mol. The van der Waals surface area contributed by atoms with Crippen LogP contribution in [0.1, 0.15) is 43.5 Å². The lowest BCUT2D eigenvalue weighted by molar-refractivity contribution is -0.134. The quantitative estimate of drug-likeness (QED) is 0.754. The van der Waals surface area contributed by atoms with E-state index in [1.807, 2.05) is 24.1 Å². The molecule has 2 aliphatic rings. The first-order valence-corrected chi connectivity index (χ1v) is 9.91. The lowest BCUT2D eigenvalue weighted by Gasteiger charge is -2.38. The van der Waals surface area contributed by atoms with Crippen LogP contribution >= 0.6 is 0 Å². The minimum Gasteiger partial charge on any atom is -0.489 e. The smallest absolute Gasteiger partial charge is 0.251 e. The van der Waals surface area contributed by atoms with Gasteiger partial charge in [0, 0.05) is 38.3 Å². The summed E-state index contributed by atoms with van der Waals surface area (Å²) in [5, 5.41) is 2.83. The number of ether oxygens (including phenoxy) is 2. The molecule has 3 rings (SSSR count). The molecule has 7 nitrogen and oxygen atoms in total. The van der Waals surface area contributed by atoms with Crippen LogP contribution in [0.25, 0.3) is 0 Å². The van der Waals surface area contributed by atoms with Crippen LogP contribution in [0.5, 0.6) is 5.75 Å². The van der Waals surface area contributed by atoms with Crippen LogP contribution in [-0.4, -0.2) is 68.8 Å². The first-order valence-electron chi connectivity index (χ1n) is 9.91. The molecule has 1 N–H and O–H groups in total. The number of carbonyl (C=O) groups excluding carboxylic acids is 2. The zero-order valence-electron chi connectivity index (χ0n) is 17.3. The number of carbonyl (C=O) groups is 2. The van der Waals surface area contributed by atoms with E-state index in [0.717, 1.165) is 30.8 Å². The summed E-state index contributed by atoms with van der Waals surface area (Å²) in [7, 11) is 3.56. The number of amides is 2. The van der Waals surface area contributed by atoms with E-state index in [4.69, 9.17) is 9.47 Å². The molecule has 0 aromatic heterocycles. The van der Waals surface area contributed by atoms with Crippen molar-refractivity contribution in [1.29, 1.82) is 0 Å². The van der Waals surface area contributed by atoms with E-state index < -0.39 is 0 Å². The summed E-state index contributed by atoms with van der Waals surface area (Å²) in [4.78, 5) is 29.3. The van der Waals surface area contributed by atoms with Crippen molar-refractivity contribution in [3.63, 3.8) is 0 Å². The molecule has 1 unspecified atom stereocenters. The largest absolute Gasteiger partial charge is 0.489 e. The SMILES string of the molecule is COCCNC(=O)c1ccc2c(c1)N(C)C(CC(=O)N1CCCC1(C)C)CO2. The molecule has 154 valence electrons. The van der Waals surface area contributed by atoms with Crippen LogP contribution in [0.4, 0.5) is 5.69 Å². The Morgan fingerprint density at radius 2 is 2.14 bits per heavy atom. The molecule has 1 fully saturated rings. The highest BCUT2D eigenvalue weighted by Crippen LogP contribution is 2.35. The molecular formula is C21H31N3O4. The zero-order chi connectivity index (χ0) is 20.3. The lowest BCUT2D eigenvalue weighted by Crippen LogP contribution is -2.48. The van der Waals surface area contributed by atoms with Gasteiger partial charge in [-0.15, -0.1) is 0 Å². The van der Waals surface area contributed by atoms with E-state index in [-0.39, 0.29) is 23.4 Å². The summed E-state index contributed by atoms with van der Waals surface area (Å²) >= 11 is 0. The maximum absolute atomic E-state index is 12.9. The average Bonchev–Trinajstić information content (AvgIpc) is 3.03. The van der Waals surface area contributed by atoms with Crippen molar-refractivity contribution in [1.82, 2.24) is 10.2 Å². The second-order valence-corrected chi connectivity index (χ2v) is 8.17. The van der Waals surface area contributed by atoms with E-state index in [2.05, 4.69) is 24.1 Å². The predicted molar refractivity (Wildman–Crippen MR) is 108 cm³/mol. The third-order valence-electron chi connectivity index (χ3n) is 5.78. The Kier molecular flexibility index (Phi) is 6.13. The van der Waals surface area contributed by atoms with Gasteiger partial charge in [0.2, 0.25) is 5.91 Å². The molecule has 0 aliphatic carbocycles. The third kappa shape index (κ3) is 4.24. The van der Waals surface area contributed by atoms with Crippen molar-refractivity contribution in [3.8, 4) is 5.75 Å². The number of anilines is 1. The molecule has 0 saturated carbocycles. The zero-order valence-corrected chi connectivity index (χ0v) is 17.3. The number of methoxy groups -OCH3 is 1. The Bertz CT molecular complexity index is 734. The minimum absolute atomic E-state index is 0.0526. The van der Waals surface area contributed by atoms with E-state index >= 15 is 0 Å². The van der Waals surface area contributed by atoms with Crippen molar-refractivity contribution in [2.45, 2.75) is 44.7 Å². The van der Waals surface area contributed by atoms with Crippen LogP contribution in [0.2, 0.25) is 0 Å². The molecule has 0 radical (unpaired) electrons. The molecule has 2 aliphatic heterocycles. The van der Waals surface area contributed by atoms with Gasteiger partial charge in [0.15, 0.2) is 0 Å². The maximum Gasteiger partial charge on any atom is 0.251 e. The van der Waals surface area contributed by atoms with Gasteiger partial charge in [-0.25, -0.2) is 0 Å². The monoisotopic (exact) mass is 389 g/mol. The maximum atomic E-state index is 12.9. The fourth-order valence-electron chi connectivity index (χ4n) is 4.00. The van der Waals surface area contributed by atoms with Gasteiger partial charge >= 0.3 is 0 Å². The number of hydrogen-bond acceptors (Lipinski definition) is 5. The van der Waals surface area contributed by atoms with Crippen LogP contribution in [-0.2, 0) is 9.53 Å². The van der Waals surface area contributed by atoms with Crippen LogP contribution in [0, 0.1) is 0 Å². The van der Waals surface area contributed by atoms with E-state index in [0.29, 0.717) is 31.7 Å². The molecule has 1 atom stereocenters. The fraction of sp³-hybridized carbons (Fsp3) is 0.619. The summed E-state index contributed by atoms with van der Waals surface area (Å²) in [5.41, 5.74) is 1.33. The Hall–Kier alpha value is -2.28.